The zero-order valence-electron chi connectivity index (χ0n) is 7.93. The Morgan fingerprint density at radius 2 is 1.88 bits per heavy atom. The number of pyridine rings is 1. The van der Waals surface area contributed by atoms with Crippen LogP contribution in [-0.2, 0) is 6.18 Å². The predicted octanol–water partition coefficient (Wildman–Crippen LogP) is 2.13. The molecule has 0 spiro atoms. The molecule has 1 aromatic heterocycles. The first-order valence-electron chi connectivity index (χ1n) is 4.38. The Balaban J connectivity index is 2.92. The molecular weight excluding hydrogens is 221 g/mol. The van der Waals surface area contributed by atoms with Gasteiger partial charge in [0.1, 0.15) is 0 Å². The number of nitrogens with one attached hydrogen (secondary N) is 1. The number of fused-ring (bicyclic) bond motifs is 1. The van der Waals surface area contributed by atoms with E-state index in [2.05, 4.69) is 4.98 Å². The van der Waals surface area contributed by atoms with Gasteiger partial charge in [-0.1, -0.05) is 0 Å². The van der Waals surface area contributed by atoms with E-state index in [1.807, 2.05) is 0 Å². The van der Waals surface area contributed by atoms with Crippen molar-refractivity contribution < 1.29 is 13.2 Å². The maximum Gasteiger partial charge on any atom is 0.418 e. The molecule has 0 bridgehead atoms. The SMILES string of the molecule is Nc1ccc2c(=O)[nH]cc(C(F)(F)F)c2c1. The fourth-order valence-corrected chi connectivity index (χ4v) is 1.51. The van der Waals surface area contributed by atoms with E-state index in [4.69, 9.17) is 5.73 Å². The number of benzene rings is 1. The summed E-state index contributed by atoms with van der Waals surface area (Å²) >= 11 is 0. The van der Waals surface area contributed by atoms with Gasteiger partial charge in [-0.3, -0.25) is 4.79 Å². The Labute approximate surface area is 87.7 Å². The molecule has 2 aromatic rings. The minimum Gasteiger partial charge on any atom is -0.399 e. The molecule has 3 nitrogen and oxygen atoms in total. The van der Waals surface area contributed by atoms with Crippen LogP contribution in [0.2, 0.25) is 0 Å². The molecule has 0 fully saturated rings. The lowest BCUT2D eigenvalue weighted by molar-refractivity contribution is -0.136. The molecule has 0 aliphatic heterocycles. The summed E-state index contributed by atoms with van der Waals surface area (Å²) in [6.07, 6.45) is -3.86. The number of aromatic amines is 1. The van der Waals surface area contributed by atoms with Crippen molar-refractivity contribution >= 4 is 16.5 Å². The molecule has 3 N–H and O–H groups in total. The molecule has 0 radical (unpaired) electrons. The summed E-state index contributed by atoms with van der Waals surface area (Å²) in [6, 6.07) is 3.81. The second-order valence-electron chi connectivity index (χ2n) is 3.33. The quantitative estimate of drug-likeness (QED) is 0.678. The van der Waals surface area contributed by atoms with Gasteiger partial charge in [0.25, 0.3) is 5.56 Å². The monoisotopic (exact) mass is 228 g/mol. The lowest BCUT2D eigenvalue weighted by atomic mass is 10.1. The molecule has 0 unspecified atom stereocenters. The Bertz CT molecular complexity index is 601. The van der Waals surface area contributed by atoms with Gasteiger partial charge in [0, 0.05) is 22.7 Å². The second-order valence-corrected chi connectivity index (χ2v) is 3.33. The Morgan fingerprint density at radius 3 is 2.50 bits per heavy atom. The van der Waals surface area contributed by atoms with Crippen LogP contribution in [-0.4, -0.2) is 4.98 Å². The molecule has 2 rings (SSSR count). The fraction of sp³-hybridized carbons (Fsp3) is 0.100. The summed E-state index contributed by atoms with van der Waals surface area (Å²) in [6.45, 7) is 0. The smallest absolute Gasteiger partial charge is 0.399 e. The van der Waals surface area contributed by atoms with Crippen molar-refractivity contribution in [1.29, 1.82) is 0 Å². The van der Waals surface area contributed by atoms with E-state index in [0.717, 1.165) is 6.07 Å². The molecule has 84 valence electrons. The zero-order chi connectivity index (χ0) is 11.9. The molecule has 0 aliphatic rings. The maximum atomic E-state index is 12.6. The van der Waals surface area contributed by atoms with Gasteiger partial charge in [0.05, 0.1) is 5.56 Å². The van der Waals surface area contributed by atoms with Crippen LogP contribution >= 0.6 is 0 Å². The average Bonchev–Trinajstić information content (AvgIpc) is 2.15. The van der Waals surface area contributed by atoms with E-state index in [-0.39, 0.29) is 16.5 Å². The Kier molecular flexibility index (Phi) is 2.15. The van der Waals surface area contributed by atoms with Gasteiger partial charge in [-0.25, -0.2) is 0 Å². The molecule has 0 saturated heterocycles. The second kappa shape index (κ2) is 3.26. The van der Waals surface area contributed by atoms with E-state index >= 15 is 0 Å². The van der Waals surface area contributed by atoms with Crippen LogP contribution in [0.1, 0.15) is 5.56 Å². The van der Waals surface area contributed by atoms with Crippen LogP contribution in [0.4, 0.5) is 18.9 Å². The van der Waals surface area contributed by atoms with Crippen molar-refractivity contribution in [3.05, 3.63) is 40.3 Å². The van der Waals surface area contributed by atoms with Crippen LogP contribution in [0.3, 0.4) is 0 Å². The fourth-order valence-electron chi connectivity index (χ4n) is 1.51. The maximum absolute atomic E-state index is 12.6. The largest absolute Gasteiger partial charge is 0.418 e. The number of halogens is 3. The topological polar surface area (TPSA) is 58.9 Å². The molecule has 1 aromatic carbocycles. The minimum absolute atomic E-state index is 0.0241. The van der Waals surface area contributed by atoms with Crippen molar-refractivity contribution in [2.24, 2.45) is 0 Å². The van der Waals surface area contributed by atoms with Crippen molar-refractivity contribution in [2.45, 2.75) is 6.18 Å². The first-order chi connectivity index (χ1) is 7.39. The van der Waals surface area contributed by atoms with Crippen LogP contribution in [0.15, 0.2) is 29.2 Å². The molecule has 0 aliphatic carbocycles. The Morgan fingerprint density at radius 1 is 1.19 bits per heavy atom. The lowest BCUT2D eigenvalue weighted by Gasteiger charge is -2.09. The summed E-state index contributed by atoms with van der Waals surface area (Å²) in [5.41, 5.74) is 4.13. The first kappa shape index (κ1) is 10.5. The summed E-state index contributed by atoms with van der Waals surface area (Å²) < 4.78 is 37.9. The van der Waals surface area contributed by atoms with Crippen molar-refractivity contribution in [1.82, 2.24) is 4.98 Å². The number of hydrogen-bond acceptors (Lipinski definition) is 2. The normalized spacial score (nSPS) is 11.9. The third-order valence-electron chi connectivity index (χ3n) is 2.23. The molecule has 16 heavy (non-hydrogen) atoms. The van der Waals surface area contributed by atoms with E-state index in [9.17, 15) is 18.0 Å². The number of hydrogen-bond donors (Lipinski definition) is 2. The van der Waals surface area contributed by atoms with Crippen LogP contribution < -0.4 is 11.3 Å². The number of aromatic nitrogens is 1. The van der Waals surface area contributed by atoms with Gasteiger partial charge in [0.2, 0.25) is 0 Å². The van der Waals surface area contributed by atoms with Gasteiger partial charge in [-0.2, -0.15) is 13.2 Å². The highest BCUT2D eigenvalue weighted by Crippen LogP contribution is 2.33. The highest BCUT2D eigenvalue weighted by Gasteiger charge is 2.33. The van der Waals surface area contributed by atoms with Crippen LogP contribution in [0.5, 0.6) is 0 Å². The standard InChI is InChI=1S/C10H7F3N2O/c11-10(12,13)8-4-15-9(16)6-2-1-5(14)3-7(6)8/h1-4H,14H2,(H,15,16). The van der Waals surface area contributed by atoms with E-state index in [1.54, 1.807) is 0 Å². The summed E-state index contributed by atoms with van der Waals surface area (Å²) in [5.74, 6) is 0. The number of alkyl halides is 3. The third kappa shape index (κ3) is 1.62. The summed E-state index contributed by atoms with van der Waals surface area (Å²) in [5, 5.41) is -0.208. The van der Waals surface area contributed by atoms with Gasteiger partial charge in [-0.05, 0) is 18.2 Å². The predicted molar refractivity (Wildman–Crippen MR) is 54.0 cm³/mol. The van der Waals surface area contributed by atoms with Crippen LogP contribution in [0, 0.1) is 0 Å². The van der Waals surface area contributed by atoms with Gasteiger partial charge in [0.15, 0.2) is 0 Å². The van der Waals surface area contributed by atoms with Crippen molar-refractivity contribution in [2.75, 3.05) is 5.73 Å². The van der Waals surface area contributed by atoms with Gasteiger partial charge in [-0.15, -0.1) is 0 Å². The van der Waals surface area contributed by atoms with E-state index in [0.29, 0.717) is 6.20 Å². The molecule has 0 amide bonds. The number of rotatable bonds is 0. The van der Waals surface area contributed by atoms with Gasteiger partial charge >= 0.3 is 6.18 Å². The molecule has 0 atom stereocenters. The highest BCUT2D eigenvalue weighted by atomic mass is 19.4. The summed E-state index contributed by atoms with van der Waals surface area (Å²) in [7, 11) is 0. The number of H-pyrrole nitrogens is 1. The molecule has 1 heterocycles. The Hall–Kier alpha value is -1.98. The van der Waals surface area contributed by atoms with Gasteiger partial charge < -0.3 is 10.7 Å². The average molecular weight is 228 g/mol. The molecular formula is C10H7F3N2O. The number of nitrogens with two attached hydrogens (primary N) is 1. The van der Waals surface area contributed by atoms with Crippen molar-refractivity contribution in [3.8, 4) is 0 Å². The van der Waals surface area contributed by atoms with E-state index < -0.39 is 17.3 Å². The summed E-state index contributed by atoms with van der Waals surface area (Å²) in [4.78, 5) is 13.4. The van der Waals surface area contributed by atoms with E-state index in [1.165, 1.54) is 12.1 Å². The highest BCUT2D eigenvalue weighted by molar-refractivity contribution is 5.87. The minimum atomic E-state index is -4.52. The molecule has 6 heteroatoms. The first-order valence-corrected chi connectivity index (χ1v) is 4.38. The lowest BCUT2D eigenvalue weighted by Crippen LogP contribution is -2.13. The molecule has 0 saturated carbocycles. The number of anilines is 1. The van der Waals surface area contributed by atoms with Crippen molar-refractivity contribution in [3.63, 3.8) is 0 Å². The number of nitrogen functional groups attached to an aromatic ring is 1. The third-order valence-corrected chi connectivity index (χ3v) is 2.23. The zero-order valence-corrected chi connectivity index (χ0v) is 7.93. The van der Waals surface area contributed by atoms with Crippen LogP contribution in [0.25, 0.3) is 10.8 Å².